The molecule has 0 aromatic carbocycles. The maximum atomic E-state index is 11.3. The highest BCUT2D eigenvalue weighted by Crippen LogP contribution is 2.51. The first-order chi connectivity index (χ1) is 5.60. The van der Waals surface area contributed by atoms with Crippen molar-refractivity contribution < 1.29 is 4.79 Å². The van der Waals surface area contributed by atoms with Crippen LogP contribution in [0.15, 0.2) is 0 Å². The first-order valence-corrected chi connectivity index (χ1v) is 5.12. The summed E-state index contributed by atoms with van der Waals surface area (Å²) in [7, 11) is 0. The van der Waals surface area contributed by atoms with Crippen LogP contribution >= 0.6 is 0 Å². The van der Waals surface area contributed by atoms with E-state index in [1.54, 1.807) is 6.92 Å². The average molecular weight is 168 g/mol. The highest BCUT2D eigenvalue weighted by atomic mass is 16.1. The summed E-state index contributed by atoms with van der Waals surface area (Å²) in [5.41, 5.74) is 0.134. The average Bonchev–Trinajstić information content (AvgIpc) is 2.69. The standard InChI is InChI=1S/C11H20O/c1-4-5-9(2)8-11(6-7-11)10(3)12/h9H,4-8H2,1-3H3. The Labute approximate surface area is 75.5 Å². The maximum absolute atomic E-state index is 11.3. The van der Waals surface area contributed by atoms with E-state index in [4.69, 9.17) is 0 Å². The molecule has 1 unspecified atom stereocenters. The van der Waals surface area contributed by atoms with Crippen LogP contribution in [0, 0.1) is 11.3 Å². The van der Waals surface area contributed by atoms with Gasteiger partial charge in [-0.3, -0.25) is 4.79 Å². The number of rotatable bonds is 5. The van der Waals surface area contributed by atoms with Gasteiger partial charge in [-0.15, -0.1) is 0 Å². The van der Waals surface area contributed by atoms with E-state index in [2.05, 4.69) is 13.8 Å². The van der Waals surface area contributed by atoms with E-state index < -0.39 is 0 Å². The predicted molar refractivity (Wildman–Crippen MR) is 51.0 cm³/mol. The van der Waals surface area contributed by atoms with Gasteiger partial charge < -0.3 is 0 Å². The summed E-state index contributed by atoms with van der Waals surface area (Å²) in [4.78, 5) is 11.3. The Morgan fingerprint density at radius 2 is 2.08 bits per heavy atom. The zero-order valence-electron chi connectivity index (χ0n) is 8.52. The van der Waals surface area contributed by atoms with Crippen molar-refractivity contribution in [3.63, 3.8) is 0 Å². The van der Waals surface area contributed by atoms with Gasteiger partial charge in [0.25, 0.3) is 0 Å². The third-order valence-corrected chi connectivity index (χ3v) is 3.12. The van der Waals surface area contributed by atoms with Gasteiger partial charge in [0.1, 0.15) is 5.78 Å². The third-order valence-electron chi connectivity index (χ3n) is 3.12. The van der Waals surface area contributed by atoms with Crippen molar-refractivity contribution in [1.29, 1.82) is 0 Å². The smallest absolute Gasteiger partial charge is 0.135 e. The third kappa shape index (κ3) is 2.09. The minimum absolute atomic E-state index is 0.134. The predicted octanol–water partition coefficient (Wildman–Crippen LogP) is 3.18. The summed E-state index contributed by atoms with van der Waals surface area (Å²) in [5.74, 6) is 1.16. The Morgan fingerprint density at radius 1 is 1.50 bits per heavy atom. The number of carbonyl (C=O) groups excluding carboxylic acids is 1. The summed E-state index contributed by atoms with van der Waals surface area (Å²) in [6, 6.07) is 0. The normalized spacial score (nSPS) is 21.9. The summed E-state index contributed by atoms with van der Waals surface area (Å²) < 4.78 is 0. The second kappa shape index (κ2) is 3.59. The molecule has 70 valence electrons. The SMILES string of the molecule is CCCC(C)CC1(C(C)=O)CC1. The van der Waals surface area contributed by atoms with Crippen molar-refractivity contribution in [1.82, 2.24) is 0 Å². The minimum atomic E-state index is 0.134. The lowest BCUT2D eigenvalue weighted by Crippen LogP contribution is -2.15. The van der Waals surface area contributed by atoms with E-state index in [-0.39, 0.29) is 5.41 Å². The molecule has 0 spiro atoms. The molecule has 0 aromatic rings. The summed E-state index contributed by atoms with van der Waals surface area (Å²) in [6.45, 7) is 6.24. The first kappa shape index (κ1) is 9.76. The quantitative estimate of drug-likeness (QED) is 0.616. The molecule has 1 saturated carbocycles. The van der Waals surface area contributed by atoms with E-state index >= 15 is 0 Å². The lowest BCUT2D eigenvalue weighted by Gasteiger charge is -2.16. The molecular formula is C11H20O. The van der Waals surface area contributed by atoms with E-state index in [0.717, 1.165) is 25.2 Å². The van der Waals surface area contributed by atoms with E-state index in [9.17, 15) is 4.79 Å². The zero-order valence-corrected chi connectivity index (χ0v) is 8.52. The molecule has 1 atom stereocenters. The van der Waals surface area contributed by atoms with Gasteiger partial charge in [-0.25, -0.2) is 0 Å². The molecule has 0 aliphatic heterocycles. The van der Waals surface area contributed by atoms with Crippen molar-refractivity contribution in [3.8, 4) is 0 Å². The van der Waals surface area contributed by atoms with Crippen LogP contribution in [0.1, 0.15) is 52.9 Å². The fourth-order valence-electron chi connectivity index (χ4n) is 2.11. The molecule has 1 heteroatoms. The van der Waals surface area contributed by atoms with Gasteiger partial charge in [0.05, 0.1) is 0 Å². The molecule has 0 heterocycles. The van der Waals surface area contributed by atoms with Crippen molar-refractivity contribution in [2.75, 3.05) is 0 Å². The van der Waals surface area contributed by atoms with Gasteiger partial charge in [0.2, 0.25) is 0 Å². The molecule has 0 amide bonds. The largest absolute Gasteiger partial charge is 0.299 e. The molecule has 0 saturated heterocycles. The fourth-order valence-corrected chi connectivity index (χ4v) is 2.11. The number of ketones is 1. The van der Waals surface area contributed by atoms with Gasteiger partial charge >= 0.3 is 0 Å². The highest BCUT2D eigenvalue weighted by molar-refractivity contribution is 5.84. The molecule has 1 nitrogen and oxygen atoms in total. The topological polar surface area (TPSA) is 17.1 Å². The number of Topliss-reactive ketones (excluding diaryl/α,β-unsaturated/α-hetero) is 1. The van der Waals surface area contributed by atoms with Crippen LogP contribution in [0.3, 0.4) is 0 Å². The Morgan fingerprint density at radius 3 is 2.42 bits per heavy atom. The number of hydrogen-bond donors (Lipinski definition) is 0. The van der Waals surface area contributed by atoms with Crippen LogP contribution in [-0.2, 0) is 4.79 Å². The van der Waals surface area contributed by atoms with Gasteiger partial charge in [0.15, 0.2) is 0 Å². The van der Waals surface area contributed by atoms with Crippen LogP contribution in [0.2, 0.25) is 0 Å². The van der Waals surface area contributed by atoms with Gasteiger partial charge in [-0.1, -0.05) is 26.7 Å². The lowest BCUT2D eigenvalue weighted by molar-refractivity contribution is -0.122. The van der Waals surface area contributed by atoms with Crippen molar-refractivity contribution in [3.05, 3.63) is 0 Å². The summed E-state index contributed by atoms with van der Waals surface area (Å²) in [6.07, 6.45) is 5.95. The van der Waals surface area contributed by atoms with E-state index in [0.29, 0.717) is 5.78 Å². The molecule has 1 fully saturated rings. The van der Waals surface area contributed by atoms with Crippen LogP contribution in [0.5, 0.6) is 0 Å². The number of carbonyl (C=O) groups is 1. The first-order valence-electron chi connectivity index (χ1n) is 5.12. The Balaban J connectivity index is 2.35. The Bertz CT molecular complexity index is 168. The Kier molecular flexibility index (Phi) is 2.92. The molecule has 12 heavy (non-hydrogen) atoms. The second-order valence-electron chi connectivity index (χ2n) is 4.43. The molecule has 1 aliphatic rings. The fraction of sp³-hybridized carbons (Fsp3) is 0.909. The Hall–Kier alpha value is -0.330. The van der Waals surface area contributed by atoms with Gasteiger partial charge in [-0.2, -0.15) is 0 Å². The van der Waals surface area contributed by atoms with Gasteiger partial charge in [0, 0.05) is 5.41 Å². The second-order valence-corrected chi connectivity index (χ2v) is 4.43. The molecular weight excluding hydrogens is 148 g/mol. The van der Waals surface area contributed by atoms with Gasteiger partial charge in [-0.05, 0) is 32.1 Å². The minimum Gasteiger partial charge on any atom is -0.299 e. The van der Waals surface area contributed by atoms with Crippen molar-refractivity contribution >= 4 is 5.78 Å². The highest BCUT2D eigenvalue weighted by Gasteiger charge is 2.47. The van der Waals surface area contributed by atoms with Crippen molar-refractivity contribution in [2.45, 2.75) is 52.9 Å². The molecule has 0 aromatic heterocycles. The monoisotopic (exact) mass is 168 g/mol. The maximum Gasteiger partial charge on any atom is 0.135 e. The molecule has 0 bridgehead atoms. The molecule has 0 N–H and O–H groups in total. The van der Waals surface area contributed by atoms with Crippen LogP contribution in [0.25, 0.3) is 0 Å². The van der Waals surface area contributed by atoms with E-state index in [1.165, 1.54) is 12.8 Å². The number of hydrogen-bond acceptors (Lipinski definition) is 1. The molecule has 0 radical (unpaired) electrons. The zero-order chi connectivity index (χ0) is 9.19. The van der Waals surface area contributed by atoms with E-state index in [1.807, 2.05) is 0 Å². The molecule has 1 aliphatic carbocycles. The molecule has 1 rings (SSSR count). The van der Waals surface area contributed by atoms with Crippen LogP contribution in [0.4, 0.5) is 0 Å². The summed E-state index contributed by atoms with van der Waals surface area (Å²) in [5, 5.41) is 0. The van der Waals surface area contributed by atoms with Crippen LogP contribution in [-0.4, -0.2) is 5.78 Å². The van der Waals surface area contributed by atoms with Crippen molar-refractivity contribution in [2.24, 2.45) is 11.3 Å². The summed E-state index contributed by atoms with van der Waals surface area (Å²) >= 11 is 0. The lowest BCUT2D eigenvalue weighted by atomic mass is 9.88. The van der Waals surface area contributed by atoms with Crippen LogP contribution < -0.4 is 0 Å².